The number of hydrogen-bond acceptors (Lipinski definition) is 7. The fraction of sp³-hybridized carbons (Fsp3) is 0.280. The molecule has 0 spiro atoms. The Kier molecular flexibility index (Phi) is 4.31. The van der Waals surface area contributed by atoms with E-state index in [-0.39, 0.29) is 5.91 Å². The van der Waals surface area contributed by atoms with Gasteiger partial charge in [-0.1, -0.05) is 6.07 Å². The van der Waals surface area contributed by atoms with Gasteiger partial charge in [0.1, 0.15) is 5.82 Å². The van der Waals surface area contributed by atoms with Gasteiger partial charge in [-0.2, -0.15) is 0 Å². The number of carbonyl (C=O) groups is 1. The molecule has 0 bridgehead atoms. The van der Waals surface area contributed by atoms with Crippen LogP contribution in [0.2, 0.25) is 0 Å². The van der Waals surface area contributed by atoms with Gasteiger partial charge in [-0.05, 0) is 23.8 Å². The number of fused-ring (bicyclic) bond motifs is 3. The zero-order valence-electron chi connectivity index (χ0n) is 18.4. The molecule has 6 heterocycles. The molecule has 1 amide bonds. The number of hydrogen-bond donors (Lipinski definition) is 2. The van der Waals surface area contributed by atoms with E-state index < -0.39 is 0 Å². The van der Waals surface area contributed by atoms with E-state index in [1.807, 2.05) is 41.2 Å². The molecule has 2 saturated heterocycles. The van der Waals surface area contributed by atoms with Crippen LogP contribution in [0.15, 0.2) is 55.2 Å². The van der Waals surface area contributed by atoms with Crippen LogP contribution in [0.25, 0.3) is 16.9 Å². The minimum atomic E-state index is -0.0858. The lowest BCUT2D eigenvalue weighted by Gasteiger charge is -2.19. The number of benzene rings is 1. The van der Waals surface area contributed by atoms with Crippen molar-refractivity contribution in [2.24, 2.45) is 11.8 Å². The summed E-state index contributed by atoms with van der Waals surface area (Å²) >= 11 is 0. The standard InChI is InChI=1S/C25H23N7O2/c33-25-24-19(8-29-25)18(21-9-28-23-10-26-5-6-32(21)23)2-3-20(24)30-22-4-1-17(7-27-22)31-11-15-13-34-14-16(15)12-31/h1-7,9-10,15-16H,8,11-14H2,(H,27,30)(H,29,33)/t15-,16?/m0/s1. The lowest BCUT2D eigenvalue weighted by molar-refractivity contribution is 0.0966. The molecular formula is C25H23N7O2. The monoisotopic (exact) mass is 453 g/mol. The van der Waals surface area contributed by atoms with Crippen LogP contribution in [-0.4, -0.2) is 51.6 Å². The highest BCUT2D eigenvalue weighted by atomic mass is 16.5. The summed E-state index contributed by atoms with van der Waals surface area (Å²) in [5.41, 5.74) is 6.15. The van der Waals surface area contributed by atoms with E-state index in [9.17, 15) is 4.79 Å². The van der Waals surface area contributed by atoms with Gasteiger partial charge in [0, 0.05) is 49.4 Å². The maximum absolute atomic E-state index is 12.8. The number of aromatic nitrogens is 4. The van der Waals surface area contributed by atoms with Gasteiger partial charge in [0.05, 0.1) is 54.4 Å². The molecule has 0 radical (unpaired) electrons. The minimum absolute atomic E-state index is 0.0858. The maximum Gasteiger partial charge on any atom is 0.254 e. The topological polar surface area (TPSA) is 96.7 Å². The van der Waals surface area contributed by atoms with Gasteiger partial charge < -0.3 is 20.3 Å². The molecule has 2 N–H and O–H groups in total. The summed E-state index contributed by atoms with van der Waals surface area (Å²) in [4.78, 5) is 28.4. The summed E-state index contributed by atoms with van der Waals surface area (Å²) < 4.78 is 7.57. The molecule has 3 aliphatic heterocycles. The lowest BCUT2D eigenvalue weighted by atomic mass is 9.99. The van der Waals surface area contributed by atoms with E-state index in [2.05, 4.69) is 36.6 Å². The number of nitrogens with zero attached hydrogens (tertiary/aromatic N) is 5. The fourth-order valence-corrected chi connectivity index (χ4v) is 5.42. The molecule has 3 aliphatic rings. The number of ether oxygens (including phenoxy) is 1. The van der Waals surface area contributed by atoms with Crippen molar-refractivity contribution in [1.29, 1.82) is 0 Å². The second-order valence-electron chi connectivity index (χ2n) is 9.13. The summed E-state index contributed by atoms with van der Waals surface area (Å²) in [5, 5.41) is 6.33. The molecule has 2 atom stereocenters. The van der Waals surface area contributed by atoms with Gasteiger partial charge >= 0.3 is 0 Å². The molecular weight excluding hydrogens is 430 g/mol. The largest absolute Gasteiger partial charge is 0.381 e. The number of anilines is 3. The number of rotatable bonds is 4. The quantitative estimate of drug-likeness (QED) is 0.490. The predicted molar refractivity (Wildman–Crippen MR) is 127 cm³/mol. The highest BCUT2D eigenvalue weighted by molar-refractivity contribution is 6.06. The van der Waals surface area contributed by atoms with Gasteiger partial charge in [0.15, 0.2) is 5.65 Å². The molecule has 34 heavy (non-hydrogen) atoms. The maximum atomic E-state index is 12.8. The third-order valence-corrected chi connectivity index (χ3v) is 7.17. The summed E-state index contributed by atoms with van der Waals surface area (Å²) in [6.45, 7) is 4.25. The lowest BCUT2D eigenvalue weighted by Crippen LogP contribution is -2.22. The second-order valence-corrected chi connectivity index (χ2v) is 9.13. The highest BCUT2D eigenvalue weighted by Gasteiger charge is 2.37. The Morgan fingerprint density at radius 2 is 1.91 bits per heavy atom. The third-order valence-electron chi connectivity index (χ3n) is 7.17. The van der Waals surface area contributed by atoms with Crippen LogP contribution in [0.3, 0.4) is 0 Å². The Hall–Kier alpha value is -3.98. The molecule has 0 aliphatic carbocycles. The number of imidazole rings is 1. The fourth-order valence-electron chi connectivity index (χ4n) is 5.42. The van der Waals surface area contributed by atoms with Crippen LogP contribution in [0.4, 0.5) is 17.2 Å². The van der Waals surface area contributed by atoms with Crippen molar-refractivity contribution in [1.82, 2.24) is 24.7 Å². The van der Waals surface area contributed by atoms with Crippen LogP contribution in [0.1, 0.15) is 15.9 Å². The molecule has 2 fully saturated rings. The van der Waals surface area contributed by atoms with Gasteiger partial charge in [0.25, 0.3) is 5.91 Å². The molecule has 0 saturated carbocycles. The average Bonchev–Trinajstić information content (AvgIpc) is 3.63. The van der Waals surface area contributed by atoms with E-state index in [0.717, 1.165) is 60.1 Å². The van der Waals surface area contributed by atoms with Crippen LogP contribution in [-0.2, 0) is 11.3 Å². The van der Waals surface area contributed by atoms with Crippen molar-refractivity contribution in [3.8, 4) is 11.3 Å². The van der Waals surface area contributed by atoms with Gasteiger partial charge in [0.2, 0.25) is 0 Å². The number of amides is 1. The van der Waals surface area contributed by atoms with Crippen molar-refractivity contribution >= 4 is 28.7 Å². The molecule has 9 nitrogen and oxygen atoms in total. The van der Waals surface area contributed by atoms with Crippen LogP contribution in [0, 0.1) is 11.8 Å². The minimum Gasteiger partial charge on any atom is -0.381 e. The Labute approximate surface area is 195 Å². The molecule has 170 valence electrons. The molecule has 3 aromatic heterocycles. The Morgan fingerprint density at radius 1 is 1.03 bits per heavy atom. The molecule has 4 aromatic rings. The van der Waals surface area contributed by atoms with Crippen LogP contribution >= 0.6 is 0 Å². The number of nitrogens with one attached hydrogen (secondary N) is 2. The zero-order valence-corrected chi connectivity index (χ0v) is 18.4. The SMILES string of the molecule is O=C1NCc2c(-c3cnc4cnccn34)ccc(Nc3ccc(N4CC5COC[C@@H]5C4)cn3)c21. The van der Waals surface area contributed by atoms with Crippen molar-refractivity contribution in [2.45, 2.75) is 6.54 Å². The summed E-state index contributed by atoms with van der Waals surface area (Å²) in [7, 11) is 0. The van der Waals surface area contributed by atoms with Crippen molar-refractivity contribution < 1.29 is 9.53 Å². The van der Waals surface area contributed by atoms with E-state index in [1.54, 1.807) is 12.4 Å². The first-order valence-corrected chi connectivity index (χ1v) is 11.5. The molecule has 9 heteroatoms. The Bertz CT molecular complexity index is 1400. The van der Waals surface area contributed by atoms with Crippen LogP contribution < -0.4 is 15.5 Å². The van der Waals surface area contributed by atoms with E-state index in [0.29, 0.717) is 29.8 Å². The number of carbonyl (C=O) groups excluding carboxylic acids is 1. The Morgan fingerprint density at radius 3 is 2.74 bits per heavy atom. The Balaban J connectivity index is 1.18. The molecule has 1 aromatic carbocycles. The third kappa shape index (κ3) is 3.04. The van der Waals surface area contributed by atoms with Gasteiger partial charge in [-0.3, -0.25) is 14.2 Å². The number of pyridine rings is 1. The summed E-state index contributed by atoms with van der Waals surface area (Å²) in [6, 6.07) is 8.05. The summed E-state index contributed by atoms with van der Waals surface area (Å²) in [6.07, 6.45) is 9.06. The van der Waals surface area contributed by atoms with Gasteiger partial charge in [-0.15, -0.1) is 0 Å². The van der Waals surface area contributed by atoms with Crippen molar-refractivity contribution in [3.05, 3.63) is 66.4 Å². The van der Waals surface area contributed by atoms with Crippen molar-refractivity contribution in [3.63, 3.8) is 0 Å². The van der Waals surface area contributed by atoms with E-state index in [1.165, 1.54) is 0 Å². The molecule has 7 rings (SSSR count). The molecule has 1 unspecified atom stereocenters. The first kappa shape index (κ1) is 19.5. The van der Waals surface area contributed by atoms with Crippen molar-refractivity contribution in [2.75, 3.05) is 36.5 Å². The highest BCUT2D eigenvalue weighted by Crippen LogP contribution is 2.36. The average molecular weight is 454 g/mol. The normalized spacial score (nSPS) is 21.1. The first-order chi connectivity index (χ1) is 16.7. The van der Waals surface area contributed by atoms with Crippen LogP contribution in [0.5, 0.6) is 0 Å². The summed E-state index contributed by atoms with van der Waals surface area (Å²) in [5.74, 6) is 1.88. The van der Waals surface area contributed by atoms with Gasteiger partial charge in [-0.25, -0.2) is 9.97 Å². The zero-order chi connectivity index (χ0) is 22.6. The first-order valence-electron chi connectivity index (χ1n) is 11.5. The van der Waals surface area contributed by atoms with E-state index in [4.69, 9.17) is 4.74 Å². The smallest absolute Gasteiger partial charge is 0.254 e. The second kappa shape index (κ2) is 7.53. The predicted octanol–water partition coefficient (Wildman–Crippen LogP) is 2.86. The van der Waals surface area contributed by atoms with E-state index >= 15 is 0 Å².